The van der Waals surface area contributed by atoms with Gasteiger partial charge in [0.05, 0.1) is 30.0 Å². The van der Waals surface area contributed by atoms with Crippen LogP contribution in [0.2, 0.25) is 0 Å². The summed E-state index contributed by atoms with van der Waals surface area (Å²) in [5, 5.41) is 0.741. The quantitative estimate of drug-likeness (QED) is 0.849. The van der Waals surface area contributed by atoms with Gasteiger partial charge in [0.15, 0.2) is 5.13 Å². The Labute approximate surface area is 133 Å². The Bertz CT molecular complexity index is 664. The van der Waals surface area contributed by atoms with Crippen LogP contribution in [0.5, 0.6) is 5.75 Å². The van der Waals surface area contributed by atoms with Crippen LogP contribution in [-0.2, 0) is 9.53 Å². The fourth-order valence-electron chi connectivity index (χ4n) is 2.61. The van der Waals surface area contributed by atoms with E-state index in [0.29, 0.717) is 13.0 Å². The Balaban J connectivity index is 1.90. The van der Waals surface area contributed by atoms with Gasteiger partial charge in [0.2, 0.25) is 5.91 Å². The summed E-state index contributed by atoms with van der Waals surface area (Å²) in [6.45, 7) is 3.25. The molecule has 1 atom stereocenters. The second-order valence-corrected chi connectivity index (χ2v) is 6.33. The average molecular weight is 320 g/mol. The first-order valence-electron chi connectivity index (χ1n) is 7.57. The molecule has 1 amide bonds. The molecule has 0 aliphatic carbocycles. The molecule has 0 saturated carbocycles. The van der Waals surface area contributed by atoms with E-state index in [0.717, 1.165) is 40.5 Å². The van der Waals surface area contributed by atoms with E-state index in [4.69, 9.17) is 9.47 Å². The zero-order valence-electron chi connectivity index (χ0n) is 12.9. The van der Waals surface area contributed by atoms with Gasteiger partial charge < -0.3 is 9.47 Å². The van der Waals surface area contributed by atoms with Gasteiger partial charge >= 0.3 is 0 Å². The normalized spacial score (nSPS) is 17.8. The number of anilines is 1. The molecule has 3 rings (SSSR count). The Hall–Kier alpha value is -1.66. The Kier molecular flexibility index (Phi) is 4.59. The number of ether oxygens (including phenoxy) is 2. The fraction of sp³-hybridized carbons (Fsp3) is 0.500. The van der Waals surface area contributed by atoms with Crippen molar-refractivity contribution in [3.05, 3.63) is 18.2 Å². The van der Waals surface area contributed by atoms with Gasteiger partial charge in [-0.2, -0.15) is 0 Å². The molecule has 22 heavy (non-hydrogen) atoms. The summed E-state index contributed by atoms with van der Waals surface area (Å²) in [7, 11) is 1.64. The Morgan fingerprint density at radius 2 is 2.41 bits per heavy atom. The first kappa shape index (κ1) is 15.2. The van der Waals surface area contributed by atoms with E-state index >= 15 is 0 Å². The smallest absolute Gasteiger partial charge is 0.228 e. The molecule has 0 unspecified atom stereocenters. The highest BCUT2D eigenvalue weighted by Crippen LogP contribution is 2.32. The highest BCUT2D eigenvalue weighted by atomic mass is 32.1. The molecule has 0 radical (unpaired) electrons. The van der Waals surface area contributed by atoms with Crippen molar-refractivity contribution in [2.24, 2.45) is 0 Å². The highest BCUT2D eigenvalue weighted by Gasteiger charge is 2.25. The zero-order chi connectivity index (χ0) is 15.5. The minimum Gasteiger partial charge on any atom is -0.497 e. The molecule has 1 aliphatic heterocycles. The van der Waals surface area contributed by atoms with Crippen LogP contribution >= 0.6 is 11.3 Å². The molecule has 0 spiro atoms. The average Bonchev–Trinajstić information content (AvgIpc) is 3.19. The van der Waals surface area contributed by atoms with Crippen LogP contribution in [-0.4, -0.2) is 37.3 Å². The molecule has 0 bridgehead atoms. The Morgan fingerprint density at radius 3 is 3.09 bits per heavy atom. The van der Waals surface area contributed by atoms with Crippen LogP contribution in [0.1, 0.15) is 26.2 Å². The number of amides is 1. The third kappa shape index (κ3) is 3.08. The van der Waals surface area contributed by atoms with Crippen LogP contribution in [0.25, 0.3) is 10.2 Å². The second-order valence-electron chi connectivity index (χ2n) is 5.32. The molecular weight excluding hydrogens is 300 g/mol. The van der Waals surface area contributed by atoms with E-state index in [1.54, 1.807) is 12.0 Å². The van der Waals surface area contributed by atoms with Gasteiger partial charge in [0.25, 0.3) is 0 Å². The minimum absolute atomic E-state index is 0.0847. The monoisotopic (exact) mass is 320 g/mol. The van der Waals surface area contributed by atoms with Crippen molar-refractivity contribution in [3.63, 3.8) is 0 Å². The van der Waals surface area contributed by atoms with Gasteiger partial charge in [-0.25, -0.2) is 4.98 Å². The van der Waals surface area contributed by atoms with Crippen molar-refractivity contribution in [3.8, 4) is 5.75 Å². The summed E-state index contributed by atoms with van der Waals surface area (Å²) < 4.78 is 12.0. The molecule has 1 aromatic carbocycles. The molecule has 5 nitrogen and oxygen atoms in total. The zero-order valence-corrected chi connectivity index (χ0v) is 13.7. The standard InChI is InChI=1S/C16H20N2O3S/c1-3-15(19)18(10-12-5-4-8-21-12)16-17-13-9-11(20-2)6-7-14(13)22-16/h6-7,9,12H,3-5,8,10H2,1-2H3/t12-/m0/s1. The maximum Gasteiger partial charge on any atom is 0.228 e. The van der Waals surface area contributed by atoms with Crippen molar-refractivity contribution in [1.29, 1.82) is 0 Å². The number of hydrogen-bond donors (Lipinski definition) is 0. The number of fused-ring (bicyclic) bond motifs is 1. The van der Waals surface area contributed by atoms with Gasteiger partial charge in [-0.15, -0.1) is 0 Å². The maximum absolute atomic E-state index is 12.3. The summed E-state index contributed by atoms with van der Waals surface area (Å²) in [6.07, 6.45) is 2.66. The number of carbonyl (C=O) groups excluding carboxylic acids is 1. The summed E-state index contributed by atoms with van der Waals surface area (Å²) in [4.78, 5) is 18.7. The lowest BCUT2D eigenvalue weighted by Gasteiger charge is -2.22. The van der Waals surface area contributed by atoms with Crippen molar-refractivity contribution in [2.75, 3.05) is 25.2 Å². The predicted octanol–water partition coefficient (Wildman–Crippen LogP) is 3.23. The number of thiazole rings is 1. The SMILES string of the molecule is CCC(=O)N(C[C@@H]1CCCO1)c1nc2cc(OC)ccc2s1. The van der Waals surface area contributed by atoms with Crippen molar-refractivity contribution >= 4 is 32.6 Å². The molecule has 6 heteroatoms. The molecule has 0 N–H and O–H groups in total. The summed E-state index contributed by atoms with van der Waals surface area (Å²) in [5.74, 6) is 0.860. The predicted molar refractivity (Wildman–Crippen MR) is 87.8 cm³/mol. The van der Waals surface area contributed by atoms with E-state index in [9.17, 15) is 4.79 Å². The van der Waals surface area contributed by atoms with Gasteiger partial charge in [0, 0.05) is 19.1 Å². The second kappa shape index (κ2) is 6.62. The van der Waals surface area contributed by atoms with Gasteiger partial charge in [0.1, 0.15) is 5.75 Å². The van der Waals surface area contributed by atoms with Crippen molar-refractivity contribution in [1.82, 2.24) is 4.98 Å². The van der Waals surface area contributed by atoms with E-state index in [1.165, 1.54) is 11.3 Å². The van der Waals surface area contributed by atoms with Gasteiger partial charge in [-0.05, 0) is 25.0 Å². The summed E-state index contributed by atoms with van der Waals surface area (Å²) >= 11 is 1.53. The number of benzene rings is 1. The van der Waals surface area contributed by atoms with E-state index in [1.807, 2.05) is 25.1 Å². The van der Waals surface area contributed by atoms with Crippen LogP contribution < -0.4 is 9.64 Å². The molecule has 118 valence electrons. The lowest BCUT2D eigenvalue weighted by molar-refractivity contribution is -0.118. The minimum atomic E-state index is 0.0847. The Morgan fingerprint density at radius 1 is 1.55 bits per heavy atom. The van der Waals surface area contributed by atoms with Crippen LogP contribution in [0.3, 0.4) is 0 Å². The van der Waals surface area contributed by atoms with Crippen LogP contribution in [0.15, 0.2) is 18.2 Å². The maximum atomic E-state index is 12.3. The lowest BCUT2D eigenvalue weighted by Crippen LogP contribution is -2.37. The van der Waals surface area contributed by atoms with E-state index < -0.39 is 0 Å². The van der Waals surface area contributed by atoms with E-state index in [2.05, 4.69) is 4.98 Å². The van der Waals surface area contributed by atoms with Crippen LogP contribution in [0, 0.1) is 0 Å². The molecule has 1 saturated heterocycles. The topological polar surface area (TPSA) is 51.7 Å². The number of carbonyl (C=O) groups is 1. The molecule has 2 heterocycles. The summed E-state index contributed by atoms with van der Waals surface area (Å²) in [5.41, 5.74) is 0.862. The van der Waals surface area contributed by atoms with E-state index in [-0.39, 0.29) is 12.0 Å². The molecule has 1 aliphatic rings. The molecule has 2 aromatic rings. The number of aromatic nitrogens is 1. The number of nitrogens with zero attached hydrogens (tertiary/aromatic N) is 2. The van der Waals surface area contributed by atoms with Gasteiger partial charge in [-0.1, -0.05) is 18.3 Å². The van der Waals surface area contributed by atoms with Crippen molar-refractivity contribution < 1.29 is 14.3 Å². The molecule has 1 fully saturated rings. The van der Waals surface area contributed by atoms with Gasteiger partial charge in [-0.3, -0.25) is 9.69 Å². The fourth-order valence-corrected chi connectivity index (χ4v) is 3.58. The third-order valence-corrected chi connectivity index (χ3v) is 4.89. The molecular formula is C16H20N2O3S. The largest absolute Gasteiger partial charge is 0.497 e. The third-order valence-electron chi connectivity index (χ3n) is 3.83. The first-order valence-corrected chi connectivity index (χ1v) is 8.39. The lowest BCUT2D eigenvalue weighted by atomic mass is 10.2. The summed E-state index contributed by atoms with van der Waals surface area (Å²) in [6, 6.07) is 5.79. The highest BCUT2D eigenvalue weighted by molar-refractivity contribution is 7.22. The van der Waals surface area contributed by atoms with Crippen molar-refractivity contribution in [2.45, 2.75) is 32.3 Å². The number of hydrogen-bond acceptors (Lipinski definition) is 5. The molecule has 1 aromatic heterocycles. The first-order chi connectivity index (χ1) is 10.7. The number of methoxy groups -OCH3 is 1. The number of rotatable bonds is 5. The van der Waals surface area contributed by atoms with Crippen LogP contribution in [0.4, 0.5) is 5.13 Å².